The zero-order chi connectivity index (χ0) is 9.68. The van der Waals surface area contributed by atoms with E-state index in [1.807, 2.05) is 6.08 Å². The number of rotatable bonds is 3. The summed E-state index contributed by atoms with van der Waals surface area (Å²) in [5.41, 5.74) is 0.653. The van der Waals surface area contributed by atoms with Crippen molar-refractivity contribution in [2.45, 2.75) is 6.42 Å². The minimum Gasteiger partial charge on any atom is -0.478 e. The van der Waals surface area contributed by atoms with Crippen LogP contribution in [0, 0.1) is 5.92 Å². The van der Waals surface area contributed by atoms with Crippen LogP contribution in [0.5, 0.6) is 0 Å². The molecule has 68 valence electrons. The molecule has 1 atom stereocenters. The molecule has 1 aliphatic carbocycles. The molecule has 0 aromatic rings. The average molecular weight is 178 g/mol. The molecule has 3 nitrogen and oxygen atoms in total. The van der Waals surface area contributed by atoms with Crippen LogP contribution in [-0.4, -0.2) is 17.4 Å². The molecule has 0 aromatic heterocycles. The summed E-state index contributed by atoms with van der Waals surface area (Å²) in [5, 5.41) is 8.36. The van der Waals surface area contributed by atoms with Crippen molar-refractivity contribution < 1.29 is 14.7 Å². The van der Waals surface area contributed by atoms with E-state index in [-0.39, 0.29) is 5.92 Å². The Balaban J connectivity index is 2.52. The highest BCUT2D eigenvalue weighted by molar-refractivity contribution is 5.80. The van der Waals surface area contributed by atoms with Crippen LogP contribution in [0.4, 0.5) is 0 Å². The van der Waals surface area contributed by atoms with Crippen LogP contribution >= 0.6 is 0 Å². The molecule has 0 saturated carbocycles. The summed E-state index contributed by atoms with van der Waals surface area (Å²) in [6.07, 6.45) is 9.52. The lowest BCUT2D eigenvalue weighted by molar-refractivity contribution is -0.131. The monoisotopic (exact) mass is 178 g/mol. The summed E-state index contributed by atoms with van der Waals surface area (Å²) in [6.45, 7) is 0. The molecule has 1 unspecified atom stereocenters. The van der Waals surface area contributed by atoms with Gasteiger partial charge in [-0.15, -0.1) is 0 Å². The highest BCUT2D eigenvalue weighted by Crippen LogP contribution is 2.16. The third-order valence-corrected chi connectivity index (χ3v) is 1.78. The Kier molecular flexibility index (Phi) is 3.20. The number of carbonyl (C=O) groups is 2. The smallest absolute Gasteiger partial charge is 0.327 e. The number of allylic oxidation sites excluding steroid dienone is 5. The number of carboxylic acid groups (broad SMARTS) is 1. The zero-order valence-corrected chi connectivity index (χ0v) is 7.01. The number of hydrogen-bond acceptors (Lipinski definition) is 2. The molecule has 0 bridgehead atoms. The van der Waals surface area contributed by atoms with E-state index in [0.717, 1.165) is 12.4 Å². The predicted octanol–water partition coefficient (Wildman–Crippen LogP) is 1.33. The van der Waals surface area contributed by atoms with Crippen molar-refractivity contribution in [1.82, 2.24) is 0 Å². The van der Waals surface area contributed by atoms with Crippen molar-refractivity contribution in [3.05, 3.63) is 36.0 Å². The molecular weight excluding hydrogens is 168 g/mol. The Morgan fingerprint density at radius 2 is 2.38 bits per heavy atom. The van der Waals surface area contributed by atoms with Crippen molar-refractivity contribution in [2.24, 2.45) is 5.92 Å². The lowest BCUT2D eigenvalue weighted by Crippen LogP contribution is -1.98. The maximum Gasteiger partial charge on any atom is 0.327 e. The quantitative estimate of drug-likeness (QED) is 0.524. The molecule has 3 heteroatoms. The SMILES string of the molecule is O=CC1=CCC(C=CC(=O)O)C=C1. The Morgan fingerprint density at radius 3 is 2.85 bits per heavy atom. The molecular formula is C10H10O3. The first kappa shape index (κ1) is 9.45. The fraction of sp³-hybridized carbons (Fsp3) is 0.200. The van der Waals surface area contributed by atoms with E-state index in [2.05, 4.69) is 0 Å². The molecule has 0 heterocycles. The van der Waals surface area contributed by atoms with Crippen molar-refractivity contribution in [2.75, 3.05) is 0 Å². The van der Waals surface area contributed by atoms with Gasteiger partial charge in [0.25, 0.3) is 0 Å². The number of carbonyl (C=O) groups excluding carboxylic acids is 1. The Labute approximate surface area is 76.1 Å². The van der Waals surface area contributed by atoms with E-state index >= 15 is 0 Å². The first-order chi connectivity index (χ1) is 6.22. The van der Waals surface area contributed by atoms with Gasteiger partial charge in [-0.1, -0.05) is 24.3 Å². The second-order valence-electron chi connectivity index (χ2n) is 2.78. The fourth-order valence-corrected chi connectivity index (χ4v) is 1.09. The van der Waals surface area contributed by atoms with E-state index in [0.29, 0.717) is 12.0 Å². The Morgan fingerprint density at radius 1 is 1.62 bits per heavy atom. The Hall–Kier alpha value is -1.64. The minimum absolute atomic E-state index is 0.0970. The molecule has 1 N–H and O–H groups in total. The van der Waals surface area contributed by atoms with Crippen LogP contribution in [0.1, 0.15) is 6.42 Å². The van der Waals surface area contributed by atoms with Crippen LogP contribution < -0.4 is 0 Å². The lowest BCUT2D eigenvalue weighted by atomic mass is 9.97. The minimum atomic E-state index is -0.946. The van der Waals surface area contributed by atoms with Gasteiger partial charge in [-0.05, 0) is 12.3 Å². The maximum atomic E-state index is 10.3. The van der Waals surface area contributed by atoms with Gasteiger partial charge in [0, 0.05) is 11.6 Å². The zero-order valence-electron chi connectivity index (χ0n) is 7.01. The standard InChI is InChI=1S/C10H10O3/c11-7-9-3-1-8(2-4-9)5-6-10(12)13/h1,3-8H,2H2,(H,12,13). The topological polar surface area (TPSA) is 54.4 Å². The molecule has 0 fully saturated rings. The van der Waals surface area contributed by atoms with Crippen molar-refractivity contribution in [3.63, 3.8) is 0 Å². The first-order valence-corrected chi connectivity index (χ1v) is 3.97. The summed E-state index contributed by atoms with van der Waals surface area (Å²) in [4.78, 5) is 20.5. The van der Waals surface area contributed by atoms with Crippen LogP contribution in [0.25, 0.3) is 0 Å². The molecule has 0 amide bonds. The van der Waals surface area contributed by atoms with E-state index in [9.17, 15) is 9.59 Å². The van der Waals surface area contributed by atoms with Gasteiger partial charge >= 0.3 is 5.97 Å². The fourth-order valence-electron chi connectivity index (χ4n) is 1.09. The van der Waals surface area contributed by atoms with Gasteiger partial charge in [0.1, 0.15) is 6.29 Å². The largest absolute Gasteiger partial charge is 0.478 e. The molecule has 1 rings (SSSR count). The van der Waals surface area contributed by atoms with Crippen LogP contribution in [0.3, 0.4) is 0 Å². The Bertz CT molecular complexity index is 297. The number of aliphatic carboxylic acids is 1. The maximum absolute atomic E-state index is 10.3. The number of carboxylic acids is 1. The summed E-state index contributed by atoms with van der Waals surface area (Å²) < 4.78 is 0. The van der Waals surface area contributed by atoms with Crippen LogP contribution in [-0.2, 0) is 9.59 Å². The third kappa shape index (κ3) is 3.07. The van der Waals surface area contributed by atoms with E-state index < -0.39 is 5.97 Å². The summed E-state index contributed by atoms with van der Waals surface area (Å²) in [7, 11) is 0. The van der Waals surface area contributed by atoms with Gasteiger partial charge in [-0.25, -0.2) is 4.79 Å². The summed E-state index contributed by atoms with van der Waals surface area (Å²) in [6, 6.07) is 0. The van der Waals surface area contributed by atoms with Crippen LogP contribution in [0.2, 0.25) is 0 Å². The average Bonchev–Trinajstić information content (AvgIpc) is 2.15. The molecule has 0 aliphatic heterocycles. The van der Waals surface area contributed by atoms with Crippen molar-refractivity contribution in [3.8, 4) is 0 Å². The van der Waals surface area contributed by atoms with Gasteiger partial charge in [-0.3, -0.25) is 4.79 Å². The third-order valence-electron chi connectivity index (χ3n) is 1.78. The number of hydrogen-bond donors (Lipinski definition) is 1. The summed E-state index contributed by atoms with van der Waals surface area (Å²) in [5.74, 6) is -0.849. The number of aldehydes is 1. The molecule has 1 aliphatic rings. The van der Waals surface area contributed by atoms with Gasteiger partial charge in [0.2, 0.25) is 0 Å². The van der Waals surface area contributed by atoms with Gasteiger partial charge in [0.15, 0.2) is 0 Å². The van der Waals surface area contributed by atoms with Crippen molar-refractivity contribution in [1.29, 1.82) is 0 Å². The first-order valence-electron chi connectivity index (χ1n) is 3.97. The highest BCUT2D eigenvalue weighted by atomic mass is 16.4. The molecule has 0 spiro atoms. The van der Waals surface area contributed by atoms with Crippen molar-refractivity contribution >= 4 is 12.3 Å². The van der Waals surface area contributed by atoms with Gasteiger partial charge in [0.05, 0.1) is 0 Å². The lowest BCUT2D eigenvalue weighted by Gasteiger charge is -2.08. The van der Waals surface area contributed by atoms with Gasteiger partial charge in [-0.2, -0.15) is 0 Å². The van der Waals surface area contributed by atoms with Crippen LogP contribution in [0.15, 0.2) is 36.0 Å². The second-order valence-corrected chi connectivity index (χ2v) is 2.78. The second kappa shape index (κ2) is 4.40. The van der Waals surface area contributed by atoms with Gasteiger partial charge < -0.3 is 5.11 Å². The predicted molar refractivity (Wildman–Crippen MR) is 48.2 cm³/mol. The molecule has 0 saturated heterocycles. The highest BCUT2D eigenvalue weighted by Gasteiger charge is 2.04. The van der Waals surface area contributed by atoms with E-state index in [1.165, 1.54) is 0 Å². The van der Waals surface area contributed by atoms with E-state index in [1.54, 1.807) is 18.2 Å². The molecule has 0 radical (unpaired) electrons. The molecule has 0 aromatic carbocycles. The normalized spacial score (nSPS) is 21.5. The van der Waals surface area contributed by atoms with E-state index in [4.69, 9.17) is 5.11 Å². The summed E-state index contributed by atoms with van der Waals surface area (Å²) >= 11 is 0. The molecule has 13 heavy (non-hydrogen) atoms.